The van der Waals surface area contributed by atoms with Crippen molar-refractivity contribution in [3.8, 4) is 0 Å². The van der Waals surface area contributed by atoms with Crippen LogP contribution in [0.15, 0.2) is 35.3 Å². The number of aromatic nitrogens is 4. The van der Waals surface area contributed by atoms with E-state index in [1.54, 1.807) is 6.07 Å². The first-order chi connectivity index (χ1) is 16.0. The molecule has 3 aromatic rings. The first kappa shape index (κ1) is 21.5. The van der Waals surface area contributed by atoms with Crippen molar-refractivity contribution in [2.24, 2.45) is 5.92 Å². The predicted octanol–water partition coefficient (Wildman–Crippen LogP) is 3.26. The van der Waals surface area contributed by atoms with E-state index in [4.69, 9.17) is 14.5 Å². The normalized spacial score (nSPS) is 20.4. The van der Waals surface area contributed by atoms with Gasteiger partial charge in [0.05, 0.1) is 48.2 Å². The number of hydrogen-bond acceptors (Lipinski definition) is 6. The largest absolute Gasteiger partial charge is 0.465 e. The minimum Gasteiger partial charge on any atom is -0.465 e. The average Bonchev–Trinajstić information content (AvgIpc) is 3.13. The molecule has 1 aliphatic carbocycles. The molecule has 1 N–H and O–H groups in total. The fourth-order valence-corrected chi connectivity index (χ4v) is 4.58. The zero-order valence-electron chi connectivity index (χ0n) is 18.3. The number of methoxy groups -OCH3 is 1. The van der Waals surface area contributed by atoms with Crippen LogP contribution in [0.3, 0.4) is 0 Å². The Morgan fingerprint density at radius 2 is 2.21 bits per heavy atom. The topological polar surface area (TPSA) is 99.1 Å². The van der Waals surface area contributed by atoms with Gasteiger partial charge < -0.3 is 19.0 Å². The van der Waals surface area contributed by atoms with Gasteiger partial charge in [0.1, 0.15) is 5.82 Å². The Morgan fingerprint density at radius 1 is 1.36 bits per heavy atom. The maximum Gasteiger partial charge on any atom is 0.345 e. The number of halogens is 1. The first-order valence-electron chi connectivity index (χ1n) is 11.1. The second-order valence-corrected chi connectivity index (χ2v) is 8.60. The smallest absolute Gasteiger partial charge is 0.345 e. The fourth-order valence-electron chi connectivity index (χ4n) is 4.58. The molecule has 2 aliphatic rings. The highest BCUT2D eigenvalue weighted by atomic mass is 19.1. The summed E-state index contributed by atoms with van der Waals surface area (Å²) in [5.74, 6) is 0.400. The number of carbonyl (C=O) groups is 1. The number of imidazole rings is 1. The minimum absolute atomic E-state index is 0.146. The second-order valence-electron chi connectivity index (χ2n) is 8.60. The van der Waals surface area contributed by atoms with Gasteiger partial charge in [-0.05, 0) is 55.4 Å². The van der Waals surface area contributed by atoms with Crippen LogP contribution in [-0.2, 0) is 22.4 Å². The predicted molar refractivity (Wildman–Crippen MR) is 119 cm³/mol. The third kappa shape index (κ3) is 4.32. The van der Waals surface area contributed by atoms with E-state index in [0.29, 0.717) is 24.4 Å². The van der Waals surface area contributed by atoms with Crippen LogP contribution >= 0.6 is 0 Å². The summed E-state index contributed by atoms with van der Waals surface area (Å²) in [4.78, 5) is 34.4. The van der Waals surface area contributed by atoms with Crippen LogP contribution in [0.4, 0.5) is 4.39 Å². The highest BCUT2D eigenvalue weighted by Gasteiger charge is 2.25. The number of carbonyl (C=O) groups excluding carboxylic acids is 1. The number of esters is 1. The van der Waals surface area contributed by atoms with Crippen molar-refractivity contribution in [2.75, 3.05) is 13.7 Å². The van der Waals surface area contributed by atoms with E-state index in [9.17, 15) is 14.0 Å². The van der Waals surface area contributed by atoms with Crippen molar-refractivity contribution >= 4 is 22.6 Å². The summed E-state index contributed by atoms with van der Waals surface area (Å²) in [6, 6.07) is 5.41. The molecule has 8 nitrogen and oxygen atoms in total. The number of rotatable bonds is 6. The Balaban J connectivity index is 1.40. The molecule has 3 heterocycles. The third-order valence-electron chi connectivity index (χ3n) is 6.51. The van der Waals surface area contributed by atoms with Gasteiger partial charge in [0.25, 0.3) is 0 Å². The summed E-state index contributed by atoms with van der Waals surface area (Å²) in [7, 11) is 1.37. The standard InChI is InChI=1S/C24H25FN4O4/c1-32-23(30)16-6-7-19-20(11-16)29(13-17-8-9-33-17)21(27-19)10-14-2-4-15(5-3-14)22-18(25)12-26-24(31)28-22/h4,6-7,11-12,14,17H,2-3,5,8-10,13H2,1H3,(H,26,28,31)/t14?,17-/m0/s1. The van der Waals surface area contributed by atoms with Gasteiger partial charge >= 0.3 is 11.7 Å². The molecule has 0 spiro atoms. The lowest BCUT2D eigenvalue weighted by molar-refractivity contribution is -0.0590. The minimum atomic E-state index is -0.548. The van der Waals surface area contributed by atoms with Crippen molar-refractivity contribution in [1.82, 2.24) is 19.5 Å². The average molecular weight is 452 g/mol. The third-order valence-corrected chi connectivity index (χ3v) is 6.51. The van der Waals surface area contributed by atoms with Gasteiger partial charge in [0.15, 0.2) is 5.82 Å². The molecular weight excluding hydrogens is 427 g/mol. The molecule has 172 valence electrons. The summed E-state index contributed by atoms with van der Waals surface area (Å²) >= 11 is 0. The zero-order chi connectivity index (χ0) is 22.9. The Morgan fingerprint density at radius 3 is 2.91 bits per heavy atom. The lowest BCUT2D eigenvalue weighted by atomic mass is 9.86. The van der Waals surface area contributed by atoms with Gasteiger partial charge in [0.2, 0.25) is 0 Å². The van der Waals surface area contributed by atoms with Crippen LogP contribution in [-0.4, -0.2) is 45.3 Å². The van der Waals surface area contributed by atoms with E-state index in [2.05, 4.69) is 14.5 Å². The number of nitrogens with zero attached hydrogens (tertiary/aromatic N) is 3. The van der Waals surface area contributed by atoms with Crippen LogP contribution in [0, 0.1) is 11.7 Å². The number of nitrogens with one attached hydrogen (secondary N) is 1. The highest BCUT2D eigenvalue weighted by molar-refractivity contribution is 5.93. The van der Waals surface area contributed by atoms with E-state index < -0.39 is 11.5 Å². The molecule has 1 fully saturated rings. The maximum atomic E-state index is 14.1. The Kier molecular flexibility index (Phi) is 5.80. The lowest BCUT2D eigenvalue weighted by Crippen LogP contribution is -2.32. The van der Waals surface area contributed by atoms with Gasteiger partial charge in [-0.2, -0.15) is 4.98 Å². The first-order valence-corrected chi connectivity index (χ1v) is 11.1. The van der Waals surface area contributed by atoms with Crippen LogP contribution in [0.2, 0.25) is 0 Å². The molecule has 1 aromatic carbocycles. The van der Waals surface area contributed by atoms with Crippen molar-refractivity contribution < 1.29 is 18.7 Å². The molecule has 1 aliphatic heterocycles. The zero-order valence-corrected chi connectivity index (χ0v) is 18.3. The van der Waals surface area contributed by atoms with E-state index in [1.165, 1.54) is 7.11 Å². The molecule has 1 unspecified atom stereocenters. The molecule has 0 saturated carbocycles. The number of hydrogen-bond donors (Lipinski definition) is 1. The summed E-state index contributed by atoms with van der Waals surface area (Å²) in [6.45, 7) is 1.46. The van der Waals surface area contributed by atoms with Gasteiger partial charge in [0, 0.05) is 13.0 Å². The van der Waals surface area contributed by atoms with E-state index in [-0.39, 0.29) is 17.8 Å². The molecule has 2 atom stereocenters. The summed E-state index contributed by atoms with van der Waals surface area (Å²) in [5.41, 5.74) is 2.71. The number of H-pyrrole nitrogens is 1. The van der Waals surface area contributed by atoms with Gasteiger partial charge in [-0.25, -0.2) is 19.0 Å². The lowest BCUT2D eigenvalue weighted by Gasteiger charge is -2.28. The van der Waals surface area contributed by atoms with Crippen molar-refractivity contribution in [1.29, 1.82) is 0 Å². The Bertz CT molecular complexity index is 1290. The molecule has 0 amide bonds. The number of benzene rings is 1. The molecule has 0 radical (unpaired) electrons. The second kappa shape index (κ2) is 8.90. The van der Waals surface area contributed by atoms with E-state index in [0.717, 1.165) is 60.9 Å². The number of aromatic amines is 1. The van der Waals surface area contributed by atoms with Gasteiger partial charge in [-0.1, -0.05) is 6.08 Å². The van der Waals surface area contributed by atoms with E-state index >= 15 is 0 Å². The van der Waals surface area contributed by atoms with E-state index in [1.807, 2.05) is 18.2 Å². The summed E-state index contributed by atoms with van der Waals surface area (Å²) in [5, 5.41) is 0. The number of fused-ring (bicyclic) bond motifs is 1. The monoisotopic (exact) mass is 452 g/mol. The molecule has 33 heavy (non-hydrogen) atoms. The SMILES string of the molecule is COC(=O)c1ccc2nc(CC3CC=C(c4[nH]c(=O)ncc4F)CC3)n(C[C@@H]3CCO3)c2c1. The maximum absolute atomic E-state index is 14.1. The number of allylic oxidation sites excluding steroid dienone is 2. The van der Waals surface area contributed by atoms with Crippen molar-refractivity contribution in [3.05, 3.63) is 63.9 Å². The van der Waals surface area contributed by atoms with Crippen LogP contribution < -0.4 is 5.69 Å². The van der Waals surface area contributed by atoms with Crippen LogP contribution in [0.25, 0.3) is 16.6 Å². The van der Waals surface area contributed by atoms with Gasteiger partial charge in [-0.3, -0.25) is 0 Å². The van der Waals surface area contributed by atoms with Crippen molar-refractivity contribution in [2.45, 2.75) is 44.8 Å². The molecule has 9 heteroatoms. The van der Waals surface area contributed by atoms with Crippen molar-refractivity contribution in [3.63, 3.8) is 0 Å². The molecule has 0 bridgehead atoms. The van der Waals surface area contributed by atoms with Crippen LogP contribution in [0.5, 0.6) is 0 Å². The molecule has 1 saturated heterocycles. The quantitative estimate of drug-likeness (QED) is 0.577. The fraction of sp³-hybridized carbons (Fsp3) is 0.417. The molecule has 5 rings (SSSR count). The van der Waals surface area contributed by atoms with Crippen LogP contribution in [0.1, 0.15) is 47.6 Å². The highest BCUT2D eigenvalue weighted by Crippen LogP contribution is 2.33. The molecule has 2 aromatic heterocycles. The number of ether oxygens (including phenoxy) is 2. The Hall–Kier alpha value is -3.33. The van der Waals surface area contributed by atoms with Gasteiger partial charge in [-0.15, -0.1) is 0 Å². The summed E-state index contributed by atoms with van der Waals surface area (Å²) < 4.78 is 26.8. The Labute approximate surface area is 189 Å². The molecular formula is C24H25FN4O4. The summed E-state index contributed by atoms with van der Waals surface area (Å²) in [6.07, 6.45) is 7.15.